The van der Waals surface area contributed by atoms with Crippen LogP contribution in [0.3, 0.4) is 0 Å². The van der Waals surface area contributed by atoms with Crippen LogP contribution in [-0.4, -0.2) is 27.6 Å². The maximum absolute atomic E-state index is 5.49. The summed E-state index contributed by atoms with van der Waals surface area (Å²) in [6.45, 7) is 6.71. The number of aromatic nitrogens is 3. The number of thiazole rings is 1. The second-order valence-corrected chi connectivity index (χ2v) is 5.55. The highest BCUT2D eigenvalue weighted by atomic mass is 32.1. The molecule has 102 valence electrons. The summed E-state index contributed by atoms with van der Waals surface area (Å²) in [4.78, 5) is 5.75. The summed E-state index contributed by atoms with van der Waals surface area (Å²) in [5.74, 6) is 0. The smallest absolute Gasteiger partial charge is 0.190 e. The van der Waals surface area contributed by atoms with Gasteiger partial charge in [0.05, 0.1) is 25.0 Å². The number of hydrogen-bond donors (Lipinski definition) is 0. The number of aryl methyl sites for hydroxylation is 2. The Labute approximate surface area is 116 Å². The molecule has 5 nitrogen and oxygen atoms in total. The Kier molecular flexibility index (Phi) is 3.52. The fourth-order valence-corrected chi connectivity index (χ4v) is 3.30. The summed E-state index contributed by atoms with van der Waals surface area (Å²) < 4.78 is 9.67. The van der Waals surface area contributed by atoms with Crippen molar-refractivity contribution >= 4 is 17.0 Å². The summed E-state index contributed by atoms with van der Waals surface area (Å²) >= 11 is 1.68. The Hall–Kier alpha value is -1.40. The first-order valence-electron chi connectivity index (χ1n) is 6.59. The SMILES string of the molecule is CCn1cc(N=c2scc(C)n2[C@@H]2CCOC2)cn1. The second-order valence-electron chi connectivity index (χ2n) is 4.71. The topological polar surface area (TPSA) is 44.3 Å². The molecule has 0 saturated carbocycles. The van der Waals surface area contributed by atoms with Crippen molar-refractivity contribution in [3.63, 3.8) is 0 Å². The fourth-order valence-electron chi connectivity index (χ4n) is 2.35. The molecule has 19 heavy (non-hydrogen) atoms. The second kappa shape index (κ2) is 5.30. The predicted molar refractivity (Wildman–Crippen MR) is 74.6 cm³/mol. The van der Waals surface area contributed by atoms with E-state index >= 15 is 0 Å². The first-order valence-corrected chi connectivity index (χ1v) is 7.47. The zero-order valence-corrected chi connectivity index (χ0v) is 12.1. The molecule has 1 aliphatic heterocycles. The quantitative estimate of drug-likeness (QED) is 0.864. The molecule has 0 N–H and O–H groups in total. The lowest BCUT2D eigenvalue weighted by Gasteiger charge is -2.12. The summed E-state index contributed by atoms with van der Waals surface area (Å²) in [6.07, 6.45) is 4.86. The van der Waals surface area contributed by atoms with Gasteiger partial charge in [0.25, 0.3) is 0 Å². The van der Waals surface area contributed by atoms with Crippen molar-refractivity contribution in [2.24, 2.45) is 4.99 Å². The Balaban J connectivity index is 2.00. The van der Waals surface area contributed by atoms with E-state index in [0.717, 1.165) is 36.7 Å². The van der Waals surface area contributed by atoms with Gasteiger partial charge >= 0.3 is 0 Å². The maximum atomic E-state index is 5.49. The molecule has 0 aliphatic carbocycles. The largest absolute Gasteiger partial charge is 0.379 e. The van der Waals surface area contributed by atoms with E-state index in [4.69, 9.17) is 9.73 Å². The van der Waals surface area contributed by atoms with E-state index in [1.54, 1.807) is 11.3 Å². The fraction of sp³-hybridized carbons (Fsp3) is 0.538. The molecule has 3 heterocycles. The summed E-state index contributed by atoms with van der Waals surface area (Å²) in [5, 5.41) is 6.41. The molecule has 6 heteroatoms. The van der Waals surface area contributed by atoms with E-state index in [0.29, 0.717) is 6.04 Å². The Morgan fingerprint density at radius 3 is 3.16 bits per heavy atom. The molecule has 0 aromatic carbocycles. The molecule has 2 aromatic heterocycles. The van der Waals surface area contributed by atoms with Crippen molar-refractivity contribution in [1.29, 1.82) is 0 Å². The van der Waals surface area contributed by atoms with Crippen LogP contribution in [0.25, 0.3) is 0 Å². The summed E-state index contributed by atoms with van der Waals surface area (Å²) in [7, 11) is 0. The Bertz CT molecular complexity index is 619. The minimum atomic E-state index is 0.422. The average molecular weight is 278 g/mol. The van der Waals surface area contributed by atoms with Gasteiger partial charge in [-0.3, -0.25) is 4.68 Å². The Morgan fingerprint density at radius 2 is 2.47 bits per heavy atom. The van der Waals surface area contributed by atoms with Crippen LogP contribution in [-0.2, 0) is 11.3 Å². The van der Waals surface area contributed by atoms with Crippen LogP contribution in [0.2, 0.25) is 0 Å². The molecular weight excluding hydrogens is 260 g/mol. The third kappa shape index (κ3) is 2.50. The molecule has 3 rings (SSSR count). The summed E-state index contributed by atoms with van der Waals surface area (Å²) in [6, 6.07) is 0.422. The van der Waals surface area contributed by atoms with Gasteiger partial charge in [0.15, 0.2) is 4.80 Å². The molecule has 1 fully saturated rings. The molecule has 0 bridgehead atoms. The monoisotopic (exact) mass is 278 g/mol. The van der Waals surface area contributed by atoms with Gasteiger partial charge in [0.1, 0.15) is 5.69 Å². The number of nitrogens with zero attached hydrogens (tertiary/aromatic N) is 4. The van der Waals surface area contributed by atoms with Crippen molar-refractivity contribution in [3.8, 4) is 0 Å². The molecule has 0 amide bonds. The van der Waals surface area contributed by atoms with Crippen molar-refractivity contribution in [2.75, 3.05) is 13.2 Å². The highest BCUT2D eigenvalue weighted by molar-refractivity contribution is 7.07. The van der Waals surface area contributed by atoms with Crippen molar-refractivity contribution in [1.82, 2.24) is 14.3 Å². The third-order valence-corrected chi connectivity index (χ3v) is 4.32. The van der Waals surface area contributed by atoms with Crippen LogP contribution < -0.4 is 4.80 Å². The Morgan fingerprint density at radius 1 is 1.58 bits per heavy atom. The van der Waals surface area contributed by atoms with E-state index in [9.17, 15) is 0 Å². The summed E-state index contributed by atoms with van der Waals surface area (Å²) in [5.41, 5.74) is 2.17. The maximum Gasteiger partial charge on any atom is 0.190 e. The van der Waals surface area contributed by atoms with Gasteiger partial charge in [-0.1, -0.05) is 0 Å². The first-order chi connectivity index (χ1) is 9.28. The minimum absolute atomic E-state index is 0.422. The van der Waals surface area contributed by atoms with Gasteiger partial charge in [0, 0.05) is 24.2 Å². The number of rotatable bonds is 3. The van der Waals surface area contributed by atoms with E-state index in [1.165, 1.54) is 5.69 Å². The molecule has 1 atom stereocenters. The van der Waals surface area contributed by atoms with Gasteiger partial charge < -0.3 is 9.30 Å². The van der Waals surface area contributed by atoms with Gasteiger partial charge in [0.2, 0.25) is 0 Å². The number of hydrogen-bond acceptors (Lipinski definition) is 4. The standard InChI is InChI=1S/C13H18N4OS/c1-3-16-7-11(6-14-16)15-13-17(10(2)9-19-13)12-4-5-18-8-12/h6-7,9,12H,3-5,8H2,1-2H3/t12-/m1/s1. The van der Waals surface area contributed by atoms with Gasteiger partial charge in [-0.05, 0) is 20.3 Å². The highest BCUT2D eigenvalue weighted by Gasteiger charge is 2.20. The van der Waals surface area contributed by atoms with Crippen LogP contribution in [0.5, 0.6) is 0 Å². The first kappa shape index (κ1) is 12.6. The van der Waals surface area contributed by atoms with Crippen molar-refractivity contribution < 1.29 is 4.74 Å². The lowest BCUT2D eigenvalue weighted by atomic mass is 10.2. The zero-order valence-electron chi connectivity index (χ0n) is 11.2. The van der Waals surface area contributed by atoms with E-state index in [2.05, 4.69) is 28.9 Å². The minimum Gasteiger partial charge on any atom is -0.379 e. The van der Waals surface area contributed by atoms with Crippen LogP contribution in [0.1, 0.15) is 25.1 Å². The predicted octanol–water partition coefficient (Wildman–Crippen LogP) is 2.27. The van der Waals surface area contributed by atoms with E-state index in [-0.39, 0.29) is 0 Å². The normalized spacial score (nSPS) is 20.3. The van der Waals surface area contributed by atoms with Crippen LogP contribution in [0, 0.1) is 6.92 Å². The molecule has 1 saturated heterocycles. The van der Waals surface area contributed by atoms with Crippen LogP contribution in [0.4, 0.5) is 5.69 Å². The van der Waals surface area contributed by atoms with Crippen LogP contribution in [0.15, 0.2) is 22.8 Å². The van der Waals surface area contributed by atoms with E-state index < -0.39 is 0 Å². The lowest BCUT2D eigenvalue weighted by Crippen LogP contribution is -2.22. The highest BCUT2D eigenvalue weighted by Crippen LogP contribution is 2.20. The van der Waals surface area contributed by atoms with Gasteiger partial charge in [-0.25, -0.2) is 4.99 Å². The molecule has 2 aromatic rings. The molecule has 1 aliphatic rings. The molecular formula is C13H18N4OS. The van der Waals surface area contributed by atoms with Crippen LogP contribution >= 0.6 is 11.3 Å². The molecule has 0 radical (unpaired) electrons. The average Bonchev–Trinajstić information content (AvgIpc) is 3.11. The van der Waals surface area contributed by atoms with E-state index in [1.807, 2.05) is 17.1 Å². The molecule has 0 spiro atoms. The lowest BCUT2D eigenvalue weighted by molar-refractivity contribution is 0.186. The third-order valence-electron chi connectivity index (χ3n) is 3.36. The van der Waals surface area contributed by atoms with Gasteiger partial charge in [-0.15, -0.1) is 11.3 Å². The number of ether oxygens (including phenoxy) is 1. The zero-order chi connectivity index (χ0) is 13.2. The van der Waals surface area contributed by atoms with Crippen molar-refractivity contribution in [3.05, 3.63) is 28.3 Å². The molecule has 0 unspecified atom stereocenters. The van der Waals surface area contributed by atoms with Gasteiger partial charge in [-0.2, -0.15) is 5.10 Å². The van der Waals surface area contributed by atoms with Crippen molar-refractivity contribution in [2.45, 2.75) is 32.9 Å².